The Balaban J connectivity index is 1.70. The zero-order chi connectivity index (χ0) is 16.9. The van der Waals surface area contributed by atoms with Crippen molar-refractivity contribution < 1.29 is 4.79 Å². The number of piperazine rings is 1. The third-order valence-corrected chi connectivity index (χ3v) is 4.80. The maximum absolute atomic E-state index is 12.7. The summed E-state index contributed by atoms with van der Waals surface area (Å²) < 4.78 is 0. The fourth-order valence-electron chi connectivity index (χ4n) is 2.99. The Labute approximate surface area is 148 Å². The zero-order valence-electron chi connectivity index (χ0n) is 13.9. The van der Waals surface area contributed by atoms with Crippen molar-refractivity contribution >= 4 is 23.4 Å². The van der Waals surface area contributed by atoms with Gasteiger partial charge in [0.2, 0.25) is 0 Å². The second-order valence-corrected chi connectivity index (χ2v) is 6.55. The van der Waals surface area contributed by atoms with Gasteiger partial charge in [-0.1, -0.05) is 60.7 Å². The average Bonchev–Trinajstić information content (AvgIpc) is 2.63. The predicted octanol–water partition coefficient (Wildman–Crippen LogP) is 3.01. The van der Waals surface area contributed by atoms with Crippen molar-refractivity contribution in [2.45, 2.75) is 6.54 Å². The molecule has 0 N–H and O–H groups in total. The average molecular weight is 338 g/mol. The summed E-state index contributed by atoms with van der Waals surface area (Å²) in [6.07, 6.45) is 0. The molecule has 0 spiro atoms. The number of carbonyl (C=O) groups excluding carboxylic acids is 1. The van der Waals surface area contributed by atoms with Crippen LogP contribution in [0.1, 0.15) is 27.0 Å². The fraction of sp³-hybridized carbons (Fsp3) is 0.300. The van der Waals surface area contributed by atoms with E-state index in [9.17, 15) is 4.79 Å². The molecule has 1 fully saturated rings. The van der Waals surface area contributed by atoms with Crippen LogP contribution in [0.4, 0.5) is 0 Å². The van der Waals surface area contributed by atoms with Crippen molar-refractivity contribution in [3.63, 3.8) is 0 Å². The highest BCUT2D eigenvalue weighted by Gasteiger charge is 2.15. The first-order chi connectivity index (χ1) is 11.7. The van der Waals surface area contributed by atoms with E-state index >= 15 is 0 Å². The molecule has 0 aliphatic carbocycles. The monoisotopic (exact) mass is 338 g/mol. The molecule has 1 aliphatic rings. The van der Waals surface area contributed by atoms with Crippen LogP contribution in [0.25, 0.3) is 0 Å². The number of rotatable bonds is 5. The van der Waals surface area contributed by atoms with Crippen LogP contribution in [0, 0.1) is 0 Å². The topological polar surface area (TPSA) is 23.6 Å². The van der Waals surface area contributed by atoms with Gasteiger partial charge in [0, 0.05) is 49.2 Å². The number of thiocarbonyl (C=S) groups is 1. The van der Waals surface area contributed by atoms with Crippen molar-refractivity contribution in [2.75, 3.05) is 33.2 Å². The minimum Gasteiger partial charge on any atom is -0.304 e. The summed E-state index contributed by atoms with van der Waals surface area (Å²) in [7, 11) is 2.16. The second-order valence-electron chi connectivity index (χ2n) is 6.31. The van der Waals surface area contributed by atoms with E-state index in [0.717, 1.165) is 38.3 Å². The number of benzene rings is 2. The Bertz CT molecular complexity index is 719. The lowest BCUT2D eigenvalue weighted by atomic mass is 9.98. The molecule has 0 bridgehead atoms. The second kappa shape index (κ2) is 7.79. The van der Waals surface area contributed by atoms with Gasteiger partial charge in [0.05, 0.1) is 0 Å². The van der Waals surface area contributed by atoms with Crippen LogP contribution < -0.4 is 0 Å². The van der Waals surface area contributed by atoms with Gasteiger partial charge in [0.15, 0.2) is 5.78 Å². The van der Waals surface area contributed by atoms with Crippen molar-refractivity contribution in [1.82, 2.24) is 9.80 Å². The van der Waals surface area contributed by atoms with Crippen molar-refractivity contribution in [3.05, 3.63) is 70.8 Å². The molecule has 124 valence electrons. The van der Waals surface area contributed by atoms with Gasteiger partial charge in [0.25, 0.3) is 0 Å². The minimum absolute atomic E-state index is 0.0258. The molecule has 1 saturated heterocycles. The normalized spacial score (nSPS) is 16.0. The number of nitrogens with zero attached hydrogens (tertiary/aromatic N) is 2. The van der Waals surface area contributed by atoms with Gasteiger partial charge >= 0.3 is 0 Å². The molecule has 0 saturated carbocycles. The Hall–Kier alpha value is -1.88. The number of likely N-dealkylation sites (N-methyl/N-ethyl adjacent to an activating group) is 1. The third kappa shape index (κ3) is 3.96. The summed E-state index contributed by atoms with van der Waals surface area (Å²) in [4.78, 5) is 17.5. The summed E-state index contributed by atoms with van der Waals surface area (Å²) in [5.41, 5.74) is 3.43. The molecule has 1 aliphatic heterocycles. The Kier molecular flexibility index (Phi) is 5.51. The standard InChI is InChI=1S/C20H22N2OS/c1-21-10-12-22(13-11-21)14-16-6-8-17(9-7-16)20(23)19-5-3-2-4-18(19)15-24/h2-9,15H,10-14H2,1H3. The summed E-state index contributed by atoms with van der Waals surface area (Å²) in [5, 5.41) is 1.56. The Morgan fingerprint density at radius 1 is 1.04 bits per heavy atom. The molecule has 2 aromatic rings. The number of hydrogen-bond donors (Lipinski definition) is 0. The van der Waals surface area contributed by atoms with Gasteiger partial charge in [-0.15, -0.1) is 0 Å². The lowest BCUT2D eigenvalue weighted by molar-refractivity contribution is 0.103. The van der Waals surface area contributed by atoms with E-state index in [1.165, 1.54) is 5.56 Å². The molecule has 0 aromatic heterocycles. The maximum atomic E-state index is 12.7. The lowest BCUT2D eigenvalue weighted by Crippen LogP contribution is -2.43. The fourth-order valence-corrected chi connectivity index (χ4v) is 3.19. The molecule has 3 nitrogen and oxygen atoms in total. The first-order valence-electron chi connectivity index (χ1n) is 8.26. The largest absolute Gasteiger partial charge is 0.304 e. The quantitative estimate of drug-likeness (QED) is 0.618. The van der Waals surface area contributed by atoms with E-state index in [1.807, 2.05) is 36.4 Å². The van der Waals surface area contributed by atoms with E-state index in [0.29, 0.717) is 11.1 Å². The van der Waals surface area contributed by atoms with Crippen LogP contribution in [0.2, 0.25) is 0 Å². The van der Waals surface area contributed by atoms with Crippen molar-refractivity contribution in [1.29, 1.82) is 0 Å². The summed E-state index contributed by atoms with van der Waals surface area (Å²) in [6.45, 7) is 5.37. The highest BCUT2D eigenvalue weighted by molar-refractivity contribution is 7.79. The molecule has 24 heavy (non-hydrogen) atoms. The SMILES string of the molecule is CN1CCN(Cc2ccc(C(=O)c3ccccc3C=S)cc2)CC1. The number of carbonyl (C=O) groups is 1. The smallest absolute Gasteiger partial charge is 0.193 e. The van der Waals surface area contributed by atoms with Gasteiger partial charge in [-0.05, 0) is 18.2 Å². The van der Waals surface area contributed by atoms with Crippen LogP contribution in [0.5, 0.6) is 0 Å². The molecule has 3 rings (SSSR count). The van der Waals surface area contributed by atoms with E-state index in [1.54, 1.807) is 5.37 Å². The van der Waals surface area contributed by atoms with E-state index in [4.69, 9.17) is 12.2 Å². The number of hydrogen-bond acceptors (Lipinski definition) is 4. The van der Waals surface area contributed by atoms with E-state index in [2.05, 4.69) is 29.0 Å². The Morgan fingerprint density at radius 2 is 1.71 bits per heavy atom. The molecular weight excluding hydrogens is 316 g/mol. The molecule has 0 unspecified atom stereocenters. The van der Waals surface area contributed by atoms with Gasteiger partial charge in [-0.25, -0.2) is 0 Å². The maximum Gasteiger partial charge on any atom is 0.193 e. The van der Waals surface area contributed by atoms with Gasteiger partial charge in [0.1, 0.15) is 0 Å². The summed E-state index contributed by atoms with van der Waals surface area (Å²) in [6, 6.07) is 15.4. The molecule has 4 heteroatoms. The summed E-state index contributed by atoms with van der Waals surface area (Å²) in [5.74, 6) is 0.0258. The predicted molar refractivity (Wildman–Crippen MR) is 102 cm³/mol. The van der Waals surface area contributed by atoms with Crippen molar-refractivity contribution in [3.8, 4) is 0 Å². The molecule has 0 atom stereocenters. The summed E-state index contributed by atoms with van der Waals surface area (Å²) >= 11 is 5.01. The first kappa shape index (κ1) is 17.0. The highest BCUT2D eigenvalue weighted by atomic mass is 32.1. The lowest BCUT2D eigenvalue weighted by Gasteiger charge is -2.32. The van der Waals surface area contributed by atoms with E-state index in [-0.39, 0.29) is 5.78 Å². The van der Waals surface area contributed by atoms with Crippen LogP contribution in [0.15, 0.2) is 48.5 Å². The van der Waals surface area contributed by atoms with Gasteiger partial charge < -0.3 is 4.90 Å². The highest BCUT2D eigenvalue weighted by Crippen LogP contribution is 2.15. The zero-order valence-corrected chi connectivity index (χ0v) is 14.8. The van der Waals surface area contributed by atoms with Gasteiger partial charge in [-0.2, -0.15) is 0 Å². The van der Waals surface area contributed by atoms with Crippen LogP contribution in [0.3, 0.4) is 0 Å². The molecule has 0 amide bonds. The van der Waals surface area contributed by atoms with Crippen LogP contribution in [-0.2, 0) is 6.54 Å². The van der Waals surface area contributed by atoms with Crippen LogP contribution >= 0.6 is 12.2 Å². The molecule has 2 aromatic carbocycles. The first-order valence-corrected chi connectivity index (χ1v) is 8.73. The molecule has 0 radical (unpaired) electrons. The van der Waals surface area contributed by atoms with Gasteiger partial charge in [-0.3, -0.25) is 9.69 Å². The third-order valence-electron chi connectivity index (χ3n) is 4.55. The van der Waals surface area contributed by atoms with E-state index < -0.39 is 0 Å². The van der Waals surface area contributed by atoms with Crippen LogP contribution in [-0.4, -0.2) is 54.2 Å². The molecule has 1 heterocycles. The Morgan fingerprint density at radius 3 is 2.38 bits per heavy atom. The van der Waals surface area contributed by atoms with Crippen molar-refractivity contribution in [2.24, 2.45) is 0 Å². The molecular formula is C20H22N2OS. The minimum atomic E-state index is 0.0258. The number of ketones is 1.